The van der Waals surface area contributed by atoms with Gasteiger partial charge in [0.15, 0.2) is 12.4 Å². The molecule has 6 heteroatoms. The lowest BCUT2D eigenvalue weighted by Crippen LogP contribution is -2.37. The molecule has 1 amide bonds. The quantitative estimate of drug-likeness (QED) is 0.512. The van der Waals surface area contributed by atoms with Gasteiger partial charge in [0.25, 0.3) is 5.91 Å². The van der Waals surface area contributed by atoms with E-state index in [1.807, 2.05) is 31.2 Å². The van der Waals surface area contributed by atoms with E-state index in [2.05, 4.69) is 5.32 Å². The van der Waals surface area contributed by atoms with Gasteiger partial charge >= 0.3 is 5.97 Å². The van der Waals surface area contributed by atoms with Crippen molar-refractivity contribution in [1.29, 1.82) is 0 Å². The van der Waals surface area contributed by atoms with E-state index >= 15 is 0 Å². The Kier molecular flexibility index (Phi) is 6.35. The molecular formula is C25H27NO5. The van der Waals surface area contributed by atoms with E-state index in [0.29, 0.717) is 23.6 Å². The van der Waals surface area contributed by atoms with Gasteiger partial charge in [-0.2, -0.15) is 0 Å². The minimum absolute atomic E-state index is 0.00448. The zero-order valence-electron chi connectivity index (χ0n) is 17.6. The Hall–Kier alpha value is -3.15. The molecule has 6 nitrogen and oxygen atoms in total. The molecule has 0 aromatic heterocycles. The second kappa shape index (κ2) is 9.33. The number of fused-ring (bicyclic) bond motifs is 2. The number of amides is 1. The molecule has 2 saturated carbocycles. The van der Waals surface area contributed by atoms with E-state index in [-0.39, 0.29) is 30.1 Å². The van der Waals surface area contributed by atoms with Crippen LogP contribution in [0.5, 0.6) is 5.75 Å². The first kappa shape index (κ1) is 21.1. The second-order valence-corrected chi connectivity index (χ2v) is 8.20. The van der Waals surface area contributed by atoms with Gasteiger partial charge in [-0.15, -0.1) is 0 Å². The standard InChI is InChI=1S/C25H27NO5/c1-2-30-20-11-7-6-10-19(20)26-21(27)15-31-25(29)23-18-13-12-17(14-18)22(23)24(28)16-8-4-3-5-9-16/h3-11,17-18,22-23H,2,12-15H2,1H3,(H,26,27)/t17-,18-,22-,23+/m0/s1. The monoisotopic (exact) mass is 421 g/mol. The van der Waals surface area contributed by atoms with Gasteiger partial charge in [0.2, 0.25) is 0 Å². The van der Waals surface area contributed by atoms with Crippen LogP contribution in [-0.2, 0) is 14.3 Å². The highest BCUT2D eigenvalue weighted by Crippen LogP contribution is 2.53. The molecule has 4 rings (SSSR count). The molecule has 162 valence electrons. The van der Waals surface area contributed by atoms with Crippen LogP contribution in [0, 0.1) is 23.7 Å². The molecule has 0 spiro atoms. The average molecular weight is 421 g/mol. The third-order valence-corrected chi connectivity index (χ3v) is 6.36. The van der Waals surface area contributed by atoms with Gasteiger partial charge in [0.1, 0.15) is 5.75 Å². The summed E-state index contributed by atoms with van der Waals surface area (Å²) < 4.78 is 10.9. The van der Waals surface area contributed by atoms with E-state index in [4.69, 9.17) is 9.47 Å². The summed E-state index contributed by atoms with van der Waals surface area (Å²) in [4.78, 5) is 38.4. The second-order valence-electron chi connectivity index (χ2n) is 8.20. The minimum Gasteiger partial charge on any atom is -0.492 e. The Morgan fingerprint density at radius 1 is 0.935 bits per heavy atom. The molecule has 2 aliphatic carbocycles. The maximum Gasteiger partial charge on any atom is 0.310 e. The van der Waals surface area contributed by atoms with Crippen LogP contribution in [0.15, 0.2) is 54.6 Å². The molecule has 0 aliphatic heterocycles. The number of ether oxygens (including phenoxy) is 2. The maximum atomic E-state index is 13.1. The largest absolute Gasteiger partial charge is 0.492 e. The lowest BCUT2D eigenvalue weighted by molar-refractivity contribution is -0.154. The van der Waals surface area contributed by atoms with Gasteiger partial charge < -0.3 is 14.8 Å². The predicted molar refractivity (Wildman–Crippen MR) is 116 cm³/mol. The number of Topliss-reactive ketones (excluding diaryl/α,β-unsaturated/α-hetero) is 1. The van der Waals surface area contributed by atoms with Gasteiger partial charge in [-0.25, -0.2) is 0 Å². The zero-order valence-corrected chi connectivity index (χ0v) is 17.6. The summed E-state index contributed by atoms with van der Waals surface area (Å²) in [5, 5.41) is 2.73. The maximum absolute atomic E-state index is 13.1. The summed E-state index contributed by atoms with van der Waals surface area (Å²) in [6.45, 7) is 1.95. The third-order valence-electron chi connectivity index (χ3n) is 6.36. The van der Waals surface area contributed by atoms with Gasteiger partial charge in [-0.1, -0.05) is 42.5 Å². The molecule has 2 aromatic carbocycles. The third kappa shape index (κ3) is 4.48. The molecule has 0 radical (unpaired) electrons. The molecule has 2 aromatic rings. The number of para-hydroxylation sites is 2. The van der Waals surface area contributed by atoms with Crippen molar-refractivity contribution in [1.82, 2.24) is 0 Å². The van der Waals surface area contributed by atoms with Crippen LogP contribution in [0.1, 0.15) is 36.5 Å². The van der Waals surface area contributed by atoms with Crippen LogP contribution >= 0.6 is 0 Å². The number of benzene rings is 2. The van der Waals surface area contributed by atoms with Crippen LogP contribution in [-0.4, -0.2) is 30.9 Å². The molecule has 0 heterocycles. The normalized spacial score (nSPS) is 23.9. The molecule has 31 heavy (non-hydrogen) atoms. The lowest BCUT2D eigenvalue weighted by atomic mass is 9.75. The summed E-state index contributed by atoms with van der Waals surface area (Å²) >= 11 is 0. The van der Waals surface area contributed by atoms with Crippen molar-refractivity contribution in [3.05, 3.63) is 60.2 Å². The van der Waals surface area contributed by atoms with Gasteiger partial charge in [-0.05, 0) is 50.2 Å². The topological polar surface area (TPSA) is 81.7 Å². The minimum atomic E-state index is -0.477. The predicted octanol–water partition coefficient (Wildman–Crippen LogP) is 4.11. The number of ketones is 1. The Morgan fingerprint density at radius 2 is 1.61 bits per heavy atom. The highest BCUT2D eigenvalue weighted by molar-refractivity contribution is 6.01. The van der Waals surface area contributed by atoms with Crippen molar-refractivity contribution in [2.24, 2.45) is 23.7 Å². The Morgan fingerprint density at radius 3 is 2.35 bits per heavy atom. The number of nitrogens with one attached hydrogen (secondary N) is 1. The van der Waals surface area contributed by atoms with Crippen LogP contribution in [0.4, 0.5) is 5.69 Å². The average Bonchev–Trinajstić information content (AvgIpc) is 3.41. The number of anilines is 1. The molecule has 2 bridgehead atoms. The van der Waals surface area contributed by atoms with Crippen molar-refractivity contribution in [2.45, 2.75) is 26.2 Å². The van der Waals surface area contributed by atoms with E-state index in [0.717, 1.165) is 19.3 Å². The zero-order chi connectivity index (χ0) is 21.8. The lowest BCUT2D eigenvalue weighted by Gasteiger charge is -2.28. The first-order valence-electron chi connectivity index (χ1n) is 10.9. The molecule has 0 unspecified atom stereocenters. The van der Waals surface area contributed by atoms with Crippen molar-refractivity contribution < 1.29 is 23.9 Å². The van der Waals surface area contributed by atoms with E-state index in [1.165, 1.54) is 0 Å². The highest BCUT2D eigenvalue weighted by atomic mass is 16.5. The Bertz CT molecular complexity index is 957. The fourth-order valence-corrected chi connectivity index (χ4v) is 5.07. The smallest absolute Gasteiger partial charge is 0.310 e. The summed E-state index contributed by atoms with van der Waals surface area (Å²) in [7, 11) is 0. The highest BCUT2D eigenvalue weighted by Gasteiger charge is 2.54. The molecule has 2 aliphatic rings. The number of hydrogen-bond donors (Lipinski definition) is 1. The number of rotatable bonds is 8. The number of esters is 1. The van der Waals surface area contributed by atoms with Crippen molar-refractivity contribution in [2.75, 3.05) is 18.5 Å². The van der Waals surface area contributed by atoms with Crippen LogP contribution in [0.25, 0.3) is 0 Å². The Balaban J connectivity index is 1.39. The Labute approximate surface area is 181 Å². The summed E-state index contributed by atoms with van der Waals surface area (Å²) in [5.74, 6) is -0.801. The van der Waals surface area contributed by atoms with Gasteiger partial charge in [0, 0.05) is 11.5 Å². The van der Waals surface area contributed by atoms with Gasteiger partial charge in [-0.3, -0.25) is 14.4 Å². The van der Waals surface area contributed by atoms with Crippen LogP contribution in [0.2, 0.25) is 0 Å². The van der Waals surface area contributed by atoms with Crippen molar-refractivity contribution >= 4 is 23.3 Å². The van der Waals surface area contributed by atoms with Crippen LogP contribution in [0.3, 0.4) is 0 Å². The van der Waals surface area contributed by atoms with Crippen molar-refractivity contribution in [3.63, 3.8) is 0 Å². The summed E-state index contributed by atoms with van der Waals surface area (Å²) in [5.41, 5.74) is 1.16. The molecule has 2 fully saturated rings. The molecule has 0 saturated heterocycles. The summed E-state index contributed by atoms with van der Waals surface area (Å²) in [6, 6.07) is 16.2. The number of carbonyl (C=O) groups excluding carboxylic acids is 3. The van der Waals surface area contributed by atoms with E-state index in [9.17, 15) is 14.4 Å². The van der Waals surface area contributed by atoms with E-state index < -0.39 is 17.8 Å². The molecule has 4 atom stereocenters. The number of carbonyl (C=O) groups is 3. The summed E-state index contributed by atoms with van der Waals surface area (Å²) in [6.07, 6.45) is 2.76. The van der Waals surface area contributed by atoms with Crippen LogP contribution < -0.4 is 10.1 Å². The molecule has 1 N–H and O–H groups in total. The first-order chi connectivity index (χ1) is 15.1. The molecular weight excluding hydrogens is 394 g/mol. The fourth-order valence-electron chi connectivity index (χ4n) is 5.07. The van der Waals surface area contributed by atoms with Crippen molar-refractivity contribution in [3.8, 4) is 5.75 Å². The first-order valence-corrected chi connectivity index (χ1v) is 10.9. The fraction of sp³-hybridized carbons (Fsp3) is 0.400. The van der Waals surface area contributed by atoms with Gasteiger partial charge in [0.05, 0.1) is 18.2 Å². The van der Waals surface area contributed by atoms with E-state index in [1.54, 1.807) is 30.3 Å². The number of hydrogen-bond acceptors (Lipinski definition) is 5. The SMILES string of the molecule is CCOc1ccccc1NC(=O)COC(=O)[C@@H]1[C@H]2CC[C@@H](C2)[C@@H]1C(=O)c1ccccc1.